The van der Waals surface area contributed by atoms with E-state index >= 15 is 0 Å². The maximum Gasteiger partial charge on any atom is 0.143 e. The number of nitrogens with one attached hydrogen (secondary N) is 1. The third-order valence-corrected chi connectivity index (χ3v) is 4.09. The summed E-state index contributed by atoms with van der Waals surface area (Å²) >= 11 is 2.33. The molecule has 1 aromatic rings. The molecule has 106 valence electrons. The second-order valence-corrected chi connectivity index (χ2v) is 5.65. The summed E-state index contributed by atoms with van der Waals surface area (Å²) in [6, 6.07) is 0. The van der Waals surface area contributed by atoms with Crippen molar-refractivity contribution in [2.75, 3.05) is 39.3 Å². The van der Waals surface area contributed by atoms with E-state index in [1.807, 2.05) is 7.05 Å². The van der Waals surface area contributed by atoms with Gasteiger partial charge in [-0.15, -0.1) is 0 Å². The first-order valence-electron chi connectivity index (χ1n) is 6.57. The minimum Gasteiger partial charge on any atom is -0.382 e. The zero-order valence-corrected chi connectivity index (χ0v) is 13.6. The van der Waals surface area contributed by atoms with Gasteiger partial charge in [0.1, 0.15) is 11.6 Å². The van der Waals surface area contributed by atoms with Gasteiger partial charge in [0.15, 0.2) is 0 Å². The lowest BCUT2D eigenvalue weighted by molar-refractivity contribution is 0.0716. The zero-order valence-electron chi connectivity index (χ0n) is 11.4. The Labute approximate surface area is 127 Å². The first kappa shape index (κ1) is 14.9. The summed E-state index contributed by atoms with van der Waals surface area (Å²) in [4.78, 5) is 9.23. The molecule has 0 aliphatic heterocycles. The molecule has 0 bridgehead atoms. The van der Waals surface area contributed by atoms with Crippen LogP contribution in [0.15, 0.2) is 0 Å². The monoisotopic (exact) mass is 377 g/mol. The van der Waals surface area contributed by atoms with E-state index < -0.39 is 0 Å². The van der Waals surface area contributed by atoms with Crippen LogP contribution in [0.5, 0.6) is 0 Å². The van der Waals surface area contributed by atoms with Crippen LogP contribution in [0.1, 0.15) is 30.3 Å². The summed E-state index contributed by atoms with van der Waals surface area (Å²) < 4.78 is 11.6. The third-order valence-electron chi connectivity index (χ3n) is 3.03. The molecule has 1 aliphatic rings. The SMILES string of the molecule is CNc1nc(CCOCCOC)nc(C2CC2)c1I. The predicted molar refractivity (Wildman–Crippen MR) is 82.7 cm³/mol. The standard InChI is InChI=1S/C13H20IN3O2/c1-15-13-11(14)12(9-3-4-9)16-10(17-13)5-6-19-8-7-18-2/h9H,3-8H2,1-2H3,(H,15,16,17). The average molecular weight is 377 g/mol. The molecule has 0 saturated heterocycles. The lowest BCUT2D eigenvalue weighted by Gasteiger charge is -2.10. The van der Waals surface area contributed by atoms with E-state index in [1.165, 1.54) is 18.5 Å². The second-order valence-electron chi connectivity index (χ2n) is 4.57. The number of hydrogen-bond acceptors (Lipinski definition) is 5. The van der Waals surface area contributed by atoms with Gasteiger partial charge in [-0.1, -0.05) is 0 Å². The molecule has 1 fully saturated rings. The Hall–Kier alpha value is -0.470. The quantitative estimate of drug-likeness (QED) is 0.556. The van der Waals surface area contributed by atoms with Gasteiger partial charge in [0.25, 0.3) is 0 Å². The smallest absolute Gasteiger partial charge is 0.143 e. The van der Waals surface area contributed by atoms with Crippen molar-refractivity contribution >= 4 is 28.4 Å². The van der Waals surface area contributed by atoms with E-state index in [0.29, 0.717) is 25.7 Å². The maximum atomic E-state index is 5.47. The van der Waals surface area contributed by atoms with E-state index in [2.05, 4.69) is 32.9 Å². The highest BCUT2D eigenvalue weighted by Gasteiger charge is 2.29. The molecule has 19 heavy (non-hydrogen) atoms. The first-order valence-corrected chi connectivity index (χ1v) is 7.65. The van der Waals surface area contributed by atoms with Crippen molar-refractivity contribution < 1.29 is 9.47 Å². The summed E-state index contributed by atoms with van der Waals surface area (Å²) in [5.41, 5.74) is 1.20. The van der Waals surface area contributed by atoms with Crippen molar-refractivity contribution in [2.24, 2.45) is 0 Å². The van der Waals surface area contributed by atoms with Crippen molar-refractivity contribution in [3.8, 4) is 0 Å². The highest BCUT2D eigenvalue weighted by molar-refractivity contribution is 14.1. The van der Waals surface area contributed by atoms with Crippen molar-refractivity contribution in [2.45, 2.75) is 25.2 Å². The van der Waals surface area contributed by atoms with Gasteiger partial charge < -0.3 is 14.8 Å². The fraction of sp³-hybridized carbons (Fsp3) is 0.692. The number of hydrogen-bond donors (Lipinski definition) is 1. The van der Waals surface area contributed by atoms with E-state index in [0.717, 1.165) is 21.6 Å². The van der Waals surface area contributed by atoms with Gasteiger partial charge in [-0.2, -0.15) is 0 Å². The summed E-state index contributed by atoms with van der Waals surface area (Å²) in [5.74, 6) is 2.43. The number of halogens is 1. The normalized spacial score (nSPS) is 14.7. The number of nitrogens with zero attached hydrogens (tertiary/aromatic N) is 2. The molecule has 1 aliphatic carbocycles. The first-order chi connectivity index (χ1) is 9.26. The molecule has 0 radical (unpaired) electrons. The predicted octanol–water partition coefficient (Wildman–Crippen LogP) is 2.21. The number of ether oxygens (including phenoxy) is 2. The topological polar surface area (TPSA) is 56.3 Å². The van der Waals surface area contributed by atoms with Crippen LogP contribution in [-0.4, -0.2) is 43.9 Å². The van der Waals surface area contributed by atoms with Crippen molar-refractivity contribution in [1.82, 2.24) is 9.97 Å². The van der Waals surface area contributed by atoms with E-state index in [9.17, 15) is 0 Å². The van der Waals surface area contributed by atoms with Crippen LogP contribution in [0.4, 0.5) is 5.82 Å². The summed E-state index contributed by atoms with van der Waals surface area (Å²) in [6.07, 6.45) is 3.24. The molecule has 6 heteroatoms. The summed E-state index contributed by atoms with van der Waals surface area (Å²) in [5, 5.41) is 3.15. The summed E-state index contributed by atoms with van der Waals surface area (Å²) in [7, 11) is 3.58. The Kier molecular flexibility index (Phi) is 5.77. The number of methoxy groups -OCH3 is 1. The molecule has 0 aromatic carbocycles. The number of aromatic nitrogens is 2. The summed E-state index contributed by atoms with van der Waals surface area (Å²) in [6.45, 7) is 1.88. The maximum absolute atomic E-state index is 5.47. The van der Waals surface area contributed by atoms with Crippen LogP contribution in [0.2, 0.25) is 0 Å². The molecule has 0 unspecified atom stereocenters. The van der Waals surface area contributed by atoms with Crippen LogP contribution < -0.4 is 5.32 Å². The fourth-order valence-electron chi connectivity index (χ4n) is 1.83. The Morgan fingerprint density at radius 2 is 2.05 bits per heavy atom. The van der Waals surface area contributed by atoms with Crippen LogP contribution >= 0.6 is 22.6 Å². The van der Waals surface area contributed by atoms with Gasteiger partial charge in [-0.3, -0.25) is 0 Å². The van der Waals surface area contributed by atoms with Crippen LogP contribution in [0, 0.1) is 3.57 Å². The minimum atomic E-state index is 0.620. The third kappa shape index (κ3) is 4.25. The van der Waals surface area contributed by atoms with E-state index in [-0.39, 0.29) is 0 Å². The largest absolute Gasteiger partial charge is 0.382 e. The van der Waals surface area contributed by atoms with Crippen molar-refractivity contribution in [3.05, 3.63) is 15.1 Å². The molecule has 5 nitrogen and oxygen atoms in total. The van der Waals surface area contributed by atoms with Crippen molar-refractivity contribution in [1.29, 1.82) is 0 Å². The van der Waals surface area contributed by atoms with Crippen LogP contribution in [-0.2, 0) is 15.9 Å². The number of rotatable bonds is 8. The van der Waals surface area contributed by atoms with E-state index in [1.54, 1.807) is 7.11 Å². The number of anilines is 1. The Bertz CT molecular complexity index is 425. The van der Waals surface area contributed by atoms with Gasteiger partial charge >= 0.3 is 0 Å². The van der Waals surface area contributed by atoms with Crippen molar-refractivity contribution in [3.63, 3.8) is 0 Å². The fourth-order valence-corrected chi connectivity index (χ4v) is 2.78. The highest BCUT2D eigenvalue weighted by atomic mass is 127. The Morgan fingerprint density at radius 3 is 2.68 bits per heavy atom. The Balaban J connectivity index is 1.97. The van der Waals surface area contributed by atoms with Gasteiger partial charge in [0.05, 0.1) is 29.1 Å². The zero-order chi connectivity index (χ0) is 13.7. The van der Waals surface area contributed by atoms with Gasteiger partial charge in [-0.25, -0.2) is 9.97 Å². The average Bonchev–Trinajstić information content (AvgIpc) is 3.24. The molecule has 0 spiro atoms. The Morgan fingerprint density at radius 1 is 1.26 bits per heavy atom. The van der Waals surface area contributed by atoms with Gasteiger partial charge in [-0.05, 0) is 35.4 Å². The molecular weight excluding hydrogens is 357 g/mol. The second kappa shape index (κ2) is 7.35. The molecule has 1 saturated carbocycles. The molecule has 1 heterocycles. The molecule has 0 atom stereocenters. The molecule has 2 rings (SSSR count). The molecule has 1 aromatic heterocycles. The highest BCUT2D eigenvalue weighted by Crippen LogP contribution is 2.42. The van der Waals surface area contributed by atoms with Gasteiger partial charge in [0, 0.05) is 26.5 Å². The lowest BCUT2D eigenvalue weighted by atomic mass is 10.2. The molecular formula is C13H20IN3O2. The molecule has 0 amide bonds. The van der Waals surface area contributed by atoms with E-state index in [4.69, 9.17) is 14.5 Å². The van der Waals surface area contributed by atoms with Crippen LogP contribution in [0.3, 0.4) is 0 Å². The van der Waals surface area contributed by atoms with Gasteiger partial charge in [0.2, 0.25) is 0 Å². The van der Waals surface area contributed by atoms with Crippen LogP contribution in [0.25, 0.3) is 0 Å². The lowest BCUT2D eigenvalue weighted by Crippen LogP contribution is -2.11. The minimum absolute atomic E-state index is 0.620. The molecule has 1 N–H and O–H groups in total.